The molecule has 0 aromatic heterocycles. The fourth-order valence-electron chi connectivity index (χ4n) is 4.42. The second-order valence-corrected chi connectivity index (χ2v) is 8.66. The zero-order valence-electron chi connectivity index (χ0n) is 16.2. The minimum absolute atomic E-state index is 0.0438. The number of ketones is 1. The van der Waals surface area contributed by atoms with E-state index < -0.39 is 6.04 Å². The average molecular weight is 463 g/mol. The molecule has 1 aliphatic carbocycles. The molecule has 0 spiro atoms. The Morgan fingerprint density at radius 2 is 1.63 bits per heavy atom. The van der Waals surface area contributed by atoms with Crippen LogP contribution in [0.3, 0.4) is 0 Å². The Labute approximate surface area is 183 Å². The Balaban J connectivity index is 1.65. The molecule has 3 aromatic rings. The lowest BCUT2D eigenvalue weighted by Crippen LogP contribution is -2.27. The van der Waals surface area contributed by atoms with Crippen molar-refractivity contribution < 1.29 is 9.18 Å². The number of carbonyl (C=O) groups is 1. The second-order valence-electron chi connectivity index (χ2n) is 7.75. The number of Topliss-reactive ketones (excluding diaryl/α,β-unsaturated/α-hetero) is 1. The van der Waals surface area contributed by atoms with Gasteiger partial charge in [-0.25, -0.2) is 4.39 Å². The van der Waals surface area contributed by atoms with Crippen LogP contribution >= 0.6 is 15.9 Å². The first-order valence-electron chi connectivity index (χ1n) is 9.99. The number of nitrogens with one attached hydrogen (secondary N) is 2. The lowest BCUT2D eigenvalue weighted by molar-refractivity contribution is -0.116. The maximum absolute atomic E-state index is 14.9. The molecule has 5 heteroatoms. The van der Waals surface area contributed by atoms with Crippen LogP contribution in [0.25, 0.3) is 0 Å². The molecule has 1 heterocycles. The summed E-state index contributed by atoms with van der Waals surface area (Å²) in [6.07, 6.45) is 1.11. The molecule has 0 saturated carbocycles. The van der Waals surface area contributed by atoms with Crippen molar-refractivity contribution in [3.8, 4) is 0 Å². The molecule has 30 heavy (non-hydrogen) atoms. The first-order valence-corrected chi connectivity index (χ1v) is 10.8. The molecular weight excluding hydrogens is 443 g/mol. The highest BCUT2D eigenvalue weighted by Crippen LogP contribution is 2.44. The van der Waals surface area contributed by atoms with E-state index in [1.165, 1.54) is 6.07 Å². The number of halogens is 2. The van der Waals surface area contributed by atoms with E-state index in [1.807, 2.05) is 42.5 Å². The Hall–Kier alpha value is -2.92. The molecule has 2 atom stereocenters. The molecule has 2 aliphatic rings. The summed E-state index contributed by atoms with van der Waals surface area (Å²) in [4.78, 5) is 13.4. The predicted molar refractivity (Wildman–Crippen MR) is 121 cm³/mol. The number of hydrogen-bond donors (Lipinski definition) is 2. The van der Waals surface area contributed by atoms with Gasteiger partial charge in [0.1, 0.15) is 5.82 Å². The molecule has 0 unspecified atom stereocenters. The van der Waals surface area contributed by atoms with Gasteiger partial charge in [0.05, 0.1) is 17.4 Å². The van der Waals surface area contributed by atoms with E-state index in [0.717, 1.165) is 27.1 Å². The minimum atomic E-state index is -0.558. The molecule has 0 saturated heterocycles. The predicted octanol–water partition coefficient (Wildman–Crippen LogP) is 6.57. The highest BCUT2D eigenvalue weighted by Gasteiger charge is 2.36. The summed E-state index contributed by atoms with van der Waals surface area (Å²) >= 11 is 3.45. The maximum atomic E-state index is 14.9. The monoisotopic (exact) mass is 462 g/mol. The van der Waals surface area contributed by atoms with Crippen molar-refractivity contribution in [1.29, 1.82) is 0 Å². The summed E-state index contributed by atoms with van der Waals surface area (Å²) in [5.41, 5.74) is 4.83. The Morgan fingerprint density at radius 1 is 0.900 bits per heavy atom. The van der Waals surface area contributed by atoms with Gasteiger partial charge in [-0.1, -0.05) is 58.4 Å². The first kappa shape index (κ1) is 19.1. The zero-order chi connectivity index (χ0) is 20.7. The first-order chi connectivity index (χ1) is 14.6. The fraction of sp³-hybridized carbons (Fsp3) is 0.160. The van der Waals surface area contributed by atoms with Gasteiger partial charge in [0.2, 0.25) is 0 Å². The number of carbonyl (C=O) groups excluding carboxylic acids is 1. The molecule has 2 N–H and O–H groups in total. The Morgan fingerprint density at radius 3 is 2.43 bits per heavy atom. The van der Waals surface area contributed by atoms with Gasteiger partial charge in [-0.3, -0.25) is 4.79 Å². The molecule has 0 amide bonds. The van der Waals surface area contributed by atoms with Crippen molar-refractivity contribution in [3.05, 3.63) is 105 Å². The van der Waals surface area contributed by atoms with E-state index >= 15 is 0 Å². The molecule has 5 rings (SSSR count). The molecule has 0 radical (unpaired) electrons. The topological polar surface area (TPSA) is 41.1 Å². The molecule has 3 nitrogen and oxygen atoms in total. The van der Waals surface area contributed by atoms with Crippen LogP contribution in [0.5, 0.6) is 0 Å². The van der Waals surface area contributed by atoms with Crippen molar-refractivity contribution >= 4 is 33.1 Å². The number of fused-ring (bicyclic) bond motifs is 1. The molecule has 3 aromatic carbocycles. The van der Waals surface area contributed by atoms with E-state index in [2.05, 4.69) is 38.7 Å². The van der Waals surface area contributed by atoms with E-state index in [9.17, 15) is 9.18 Å². The molecule has 0 fully saturated rings. The van der Waals surface area contributed by atoms with Crippen LogP contribution in [0.1, 0.15) is 35.9 Å². The highest BCUT2D eigenvalue weighted by molar-refractivity contribution is 9.10. The largest absolute Gasteiger partial charge is 0.372 e. The zero-order valence-corrected chi connectivity index (χ0v) is 17.7. The highest BCUT2D eigenvalue weighted by atomic mass is 79.9. The summed E-state index contributed by atoms with van der Waals surface area (Å²) in [7, 11) is 0. The summed E-state index contributed by atoms with van der Waals surface area (Å²) < 4.78 is 15.7. The third-order valence-corrected chi connectivity index (χ3v) is 6.34. The number of anilines is 2. The Bertz CT molecular complexity index is 1160. The molecular formula is C25H20BrFN2O. The minimum Gasteiger partial charge on any atom is -0.372 e. The van der Waals surface area contributed by atoms with Crippen LogP contribution in [0.2, 0.25) is 0 Å². The number of rotatable bonds is 2. The van der Waals surface area contributed by atoms with Crippen molar-refractivity contribution in [3.63, 3.8) is 0 Å². The van der Waals surface area contributed by atoms with Gasteiger partial charge < -0.3 is 10.6 Å². The second kappa shape index (κ2) is 7.73. The van der Waals surface area contributed by atoms with Crippen LogP contribution in [-0.2, 0) is 4.79 Å². The number of allylic oxidation sites excluding steroid dienone is 1. The quantitative estimate of drug-likeness (QED) is 0.452. The number of benzene rings is 3. The van der Waals surface area contributed by atoms with E-state index in [-0.39, 0.29) is 17.5 Å². The molecule has 150 valence electrons. The number of hydrogen-bond acceptors (Lipinski definition) is 3. The SMILES string of the molecule is O=C1C[C@@H](c2ccccc2)CC2=C1[C@H](c1cc(Br)ccc1F)Nc1ccccc1N2. The van der Waals surface area contributed by atoms with Gasteiger partial charge in [0.15, 0.2) is 5.78 Å². The lowest BCUT2D eigenvalue weighted by Gasteiger charge is -2.30. The van der Waals surface area contributed by atoms with Crippen molar-refractivity contribution in [2.24, 2.45) is 0 Å². The third-order valence-electron chi connectivity index (χ3n) is 5.85. The maximum Gasteiger partial charge on any atom is 0.163 e. The lowest BCUT2D eigenvalue weighted by atomic mass is 9.78. The standard InChI is InChI=1S/C25H20BrFN2O/c26-17-10-11-19(27)18(14-17)25-24-22(28-20-8-4-5-9-21(20)29-25)12-16(13-23(24)30)15-6-2-1-3-7-15/h1-11,14,16,25,28-29H,12-13H2/t16-,25-/m0/s1. The summed E-state index contributed by atoms with van der Waals surface area (Å²) in [6, 6.07) is 22.2. The van der Waals surface area contributed by atoms with Crippen molar-refractivity contribution in [1.82, 2.24) is 0 Å². The summed E-state index contributed by atoms with van der Waals surface area (Å²) in [6.45, 7) is 0. The van der Waals surface area contributed by atoms with Gasteiger partial charge in [0.25, 0.3) is 0 Å². The van der Waals surface area contributed by atoms with Crippen molar-refractivity contribution in [2.45, 2.75) is 24.8 Å². The van der Waals surface area contributed by atoms with Gasteiger partial charge in [-0.2, -0.15) is 0 Å². The van der Waals surface area contributed by atoms with Gasteiger partial charge >= 0.3 is 0 Å². The Kier molecular flexibility index (Phi) is 4.91. The molecule has 0 bridgehead atoms. The van der Waals surface area contributed by atoms with Crippen LogP contribution in [-0.4, -0.2) is 5.78 Å². The van der Waals surface area contributed by atoms with E-state index in [1.54, 1.807) is 12.1 Å². The summed E-state index contributed by atoms with van der Waals surface area (Å²) in [5.74, 6) is -0.189. The van der Waals surface area contributed by atoms with E-state index in [4.69, 9.17) is 0 Å². The fourth-order valence-corrected chi connectivity index (χ4v) is 4.80. The van der Waals surface area contributed by atoms with Crippen LogP contribution < -0.4 is 10.6 Å². The van der Waals surface area contributed by atoms with Crippen LogP contribution in [0, 0.1) is 5.82 Å². The summed E-state index contributed by atoms with van der Waals surface area (Å²) in [5, 5.41) is 6.91. The normalized spacial score (nSPS) is 20.5. The van der Waals surface area contributed by atoms with Gasteiger partial charge in [0, 0.05) is 27.7 Å². The smallest absolute Gasteiger partial charge is 0.163 e. The van der Waals surface area contributed by atoms with Gasteiger partial charge in [-0.05, 0) is 48.2 Å². The number of para-hydroxylation sites is 2. The van der Waals surface area contributed by atoms with Crippen LogP contribution in [0.4, 0.5) is 15.8 Å². The van der Waals surface area contributed by atoms with Crippen molar-refractivity contribution in [2.75, 3.05) is 10.6 Å². The van der Waals surface area contributed by atoms with Gasteiger partial charge in [-0.15, -0.1) is 0 Å². The van der Waals surface area contributed by atoms with Crippen LogP contribution in [0.15, 0.2) is 88.5 Å². The third kappa shape index (κ3) is 3.43. The van der Waals surface area contributed by atoms with E-state index in [0.29, 0.717) is 24.0 Å². The molecule has 1 aliphatic heterocycles. The average Bonchev–Trinajstić information content (AvgIpc) is 2.93.